The van der Waals surface area contributed by atoms with Crippen molar-refractivity contribution in [2.75, 3.05) is 6.61 Å². The summed E-state index contributed by atoms with van der Waals surface area (Å²) in [6, 6.07) is 14.3. The molecule has 0 aliphatic rings. The SMILES string of the molecule is O=C(N[C@@H](CO)c1ccccc1)c1cc(Br)ccc1Br. The van der Waals surface area contributed by atoms with Gasteiger partial charge in [-0.05, 0) is 39.7 Å². The van der Waals surface area contributed by atoms with Crippen molar-refractivity contribution in [2.45, 2.75) is 6.04 Å². The van der Waals surface area contributed by atoms with Crippen LogP contribution in [0.15, 0.2) is 57.5 Å². The number of benzene rings is 2. The molecular formula is C15H13Br2NO2. The van der Waals surface area contributed by atoms with E-state index in [4.69, 9.17) is 0 Å². The zero-order valence-corrected chi connectivity index (χ0v) is 13.7. The Balaban J connectivity index is 2.20. The number of nitrogens with one attached hydrogen (secondary N) is 1. The van der Waals surface area contributed by atoms with E-state index in [1.54, 1.807) is 12.1 Å². The smallest absolute Gasteiger partial charge is 0.253 e. The molecule has 0 radical (unpaired) electrons. The van der Waals surface area contributed by atoms with Crippen molar-refractivity contribution < 1.29 is 9.90 Å². The Labute approximate surface area is 134 Å². The lowest BCUT2D eigenvalue weighted by atomic mass is 10.1. The third-order valence-electron chi connectivity index (χ3n) is 2.86. The molecule has 2 aromatic rings. The maximum Gasteiger partial charge on any atom is 0.253 e. The monoisotopic (exact) mass is 397 g/mol. The van der Waals surface area contributed by atoms with Gasteiger partial charge in [0.2, 0.25) is 0 Å². The number of aliphatic hydroxyl groups is 1. The molecular weight excluding hydrogens is 386 g/mol. The molecule has 1 amide bonds. The zero-order chi connectivity index (χ0) is 14.5. The van der Waals surface area contributed by atoms with Crippen LogP contribution in [0, 0.1) is 0 Å². The Hall–Kier alpha value is -1.17. The van der Waals surface area contributed by atoms with Crippen LogP contribution in [0.1, 0.15) is 22.0 Å². The van der Waals surface area contributed by atoms with Crippen LogP contribution < -0.4 is 5.32 Å². The van der Waals surface area contributed by atoms with Crippen LogP contribution >= 0.6 is 31.9 Å². The summed E-state index contributed by atoms with van der Waals surface area (Å²) in [6.07, 6.45) is 0. The number of aliphatic hydroxyl groups excluding tert-OH is 1. The molecule has 0 unspecified atom stereocenters. The first-order valence-electron chi connectivity index (χ1n) is 6.03. The van der Waals surface area contributed by atoms with E-state index < -0.39 is 6.04 Å². The number of carbonyl (C=O) groups is 1. The summed E-state index contributed by atoms with van der Waals surface area (Å²) in [5.41, 5.74) is 1.39. The van der Waals surface area contributed by atoms with Crippen molar-refractivity contribution in [3.8, 4) is 0 Å². The lowest BCUT2D eigenvalue weighted by Crippen LogP contribution is -2.31. The highest BCUT2D eigenvalue weighted by Gasteiger charge is 2.16. The molecule has 5 heteroatoms. The van der Waals surface area contributed by atoms with Crippen molar-refractivity contribution in [1.82, 2.24) is 5.32 Å². The van der Waals surface area contributed by atoms with Gasteiger partial charge in [0.25, 0.3) is 5.91 Å². The fourth-order valence-electron chi connectivity index (χ4n) is 1.83. The van der Waals surface area contributed by atoms with Crippen LogP contribution in [-0.2, 0) is 0 Å². The van der Waals surface area contributed by atoms with Gasteiger partial charge in [0.15, 0.2) is 0 Å². The molecule has 104 valence electrons. The average molecular weight is 399 g/mol. The molecule has 1 atom stereocenters. The van der Waals surface area contributed by atoms with Gasteiger partial charge in [0.05, 0.1) is 18.2 Å². The Morgan fingerprint density at radius 1 is 1.15 bits per heavy atom. The summed E-state index contributed by atoms with van der Waals surface area (Å²) in [5.74, 6) is -0.235. The van der Waals surface area contributed by atoms with Gasteiger partial charge in [0, 0.05) is 8.95 Å². The summed E-state index contributed by atoms with van der Waals surface area (Å²) in [6.45, 7) is -0.151. The van der Waals surface area contributed by atoms with Crippen molar-refractivity contribution in [3.05, 3.63) is 68.6 Å². The minimum absolute atomic E-state index is 0.151. The first kappa shape index (κ1) is 15.2. The Kier molecular flexibility index (Phi) is 5.34. The number of halogens is 2. The Morgan fingerprint density at radius 3 is 2.50 bits per heavy atom. The highest BCUT2D eigenvalue weighted by molar-refractivity contribution is 9.11. The number of amides is 1. The van der Waals surface area contributed by atoms with E-state index >= 15 is 0 Å². The second-order valence-corrected chi connectivity index (χ2v) is 6.01. The van der Waals surface area contributed by atoms with E-state index in [0.717, 1.165) is 10.0 Å². The van der Waals surface area contributed by atoms with Gasteiger partial charge in [-0.15, -0.1) is 0 Å². The van der Waals surface area contributed by atoms with E-state index in [1.165, 1.54) is 0 Å². The second kappa shape index (κ2) is 7.02. The quantitative estimate of drug-likeness (QED) is 0.825. The maximum absolute atomic E-state index is 12.3. The standard InChI is InChI=1S/C15H13Br2NO2/c16-11-6-7-13(17)12(8-11)15(20)18-14(9-19)10-4-2-1-3-5-10/h1-8,14,19H,9H2,(H,18,20)/t14-/m0/s1. The lowest BCUT2D eigenvalue weighted by Gasteiger charge is -2.17. The second-order valence-electron chi connectivity index (χ2n) is 4.24. The van der Waals surface area contributed by atoms with Crippen LogP contribution in [0.5, 0.6) is 0 Å². The van der Waals surface area contributed by atoms with E-state index in [-0.39, 0.29) is 12.5 Å². The Bertz CT molecular complexity index is 602. The van der Waals surface area contributed by atoms with Gasteiger partial charge in [-0.1, -0.05) is 46.3 Å². The molecule has 2 aromatic carbocycles. The van der Waals surface area contributed by atoms with Crippen LogP contribution in [0.4, 0.5) is 0 Å². The number of carbonyl (C=O) groups excluding carboxylic acids is 1. The predicted octanol–water partition coefficient (Wildman–Crippen LogP) is 3.68. The summed E-state index contributed by atoms with van der Waals surface area (Å²) < 4.78 is 1.54. The van der Waals surface area contributed by atoms with E-state index in [2.05, 4.69) is 37.2 Å². The average Bonchev–Trinajstić information content (AvgIpc) is 2.48. The summed E-state index contributed by atoms with van der Waals surface area (Å²) in [5, 5.41) is 12.3. The highest BCUT2D eigenvalue weighted by atomic mass is 79.9. The number of hydrogen-bond acceptors (Lipinski definition) is 2. The summed E-state index contributed by atoms with van der Waals surface area (Å²) in [4.78, 5) is 12.3. The van der Waals surface area contributed by atoms with Crippen molar-refractivity contribution in [2.24, 2.45) is 0 Å². The molecule has 2 rings (SSSR count). The molecule has 0 saturated heterocycles. The Morgan fingerprint density at radius 2 is 1.85 bits per heavy atom. The van der Waals surface area contributed by atoms with Crippen LogP contribution in [0.3, 0.4) is 0 Å². The van der Waals surface area contributed by atoms with Crippen molar-refractivity contribution >= 4 is 37.8 Å². The highest BCUT2D eigenvalue weighted by Crippen LogP contribution is 2.22. The van der Waals surface area contributed by atoms with Gasteiger partial charge in [0.1, 0.15) is 0 Å². The van der Waals surface area contributed by atoms with Gasteiger partial charge >= 0.3 is 0 Å². The van der Waals surface area contributed by atoms with Crippen LogP contribution in [0.2, 0.25) is 0 Å². The van der Waals surface area contributed by atoms with E-state index in [9.17, 15) is 9.90 Å². The predicted molar refractivity (Wildman–Crippen MR) is 85.6 cm³/mol. The first-order valence-corrected chi connectivity index (χ1v) is 7.62. The maximum atomic E-state index is 12.3. The van der Waals surface area contributed by atoms with Crippen LogP contribution in [0.25, 0.3) is 0 Å². The van der Waals surface area contributed by atoms with Gasteiger partial charge in [-0.25, -0.2) is 0 Å². The lowest BCUT2D eigenvalue weighted by molar-refractivity contribution is 0.0915. The first-order chi connectivity index (χ1) is 9.61. The molecule has 0 aliphatic heterocycles. The number of rotatable bonds is 4. The molecule has 20 heavy (non-hydrogen) atoms. The minimum atomic E-state index is -0.422. The van der Waals surface area contributed by atoms with Crippen molar-refractivity contribution in [1.29, 1.82) is 0 Å². The third kappa shape index (κ3) is 3.69. The largest absolute Gasteiger partial charge is 0.394 e. The van der Waals surface area contributed by atoms with Gasteiger partial charge in [-0.3, -0.25) is 4.79 Å². The third-order valence-corrected chi connectivity index (χ3v) is 4.05. The fraction of sp³-hybridized carbons (Fsp3) is 0.133. The molecule has 0 fully saturated rings. The fourth-order valence-corrected chi connectivity index (χ4v) is 2.62. The molecule has 0 saturated carbocycles. The van der Waals surface area contributed by atoms with Gasteiger partial charge < -0.3 is 10.4 Å². The molecule has 2 N–H and O–H groups in total. The molecule has 0 aliphatic carbocycles. The van der Waals surface area contributed by atoms with E-state index in [1.807, 2.05) is 36.4 Å². The molecule has 0 bridgehead atoms. The topological polar surface area (TPSA) is 49.3 Å². The molecule has 0 aromatic heterocycles. The van der Waals surface area contributed by atoms with Gasteiger partial charge in [-0.2, -0.15) is 0 Å². The molecule has 0 heterocycles. The van der Waals surface area contributed by atoms with Crippen LogP contribution in [-0.4, -0.2) is 17.6 Å². The minimum Gasteiger partial charge on any atom is -0.394 e. The number of hydrogen-bond donors (Lipinski definition) is 2. The normalized spacial score (nSPS) is 11.9. The summed E-state index contributed by atoms with van der Waals surface area (Å²) in [7, 11) is 0. The zero-order valence-electron chi connectivity index (χ0n) is 10.5. The van der Waals surface area contributed by atoms with Crippen molar-refractivity contribution in [3.63, 3.8) is 0 Å². The molecule has 0 spiro atoms. The summed E-state index contributed by atoms with van der Waals surface area (Å²) >= 11 is 6.70. The molecule has 3 nitrogen and oxygen atoms in total. The van der Waals surface area contributed by atoms with E-state index in [0.29, 0.717) is 10.0 Å².